The van der Waals surface area contributed by atoms with Gasteiger partial charge in [0.1, 0.15) is 5.82 Å². The summed E-state index contributed by atoms with van der Waals surface area (Å²) < 4.78 is 19.4. The summed E-state index contributed by atoms with van der Waals surface area (Å²) in [4.78, 5) is 16.1. The lowest BCUT2D eigenvalue weighted by Gasteiger charge is -2.12. The van der Waals surface area contributed by atoms with Crippen LogP contribution in [-0.2, 0) is 6.54 Å². The van der Waals surface area contributed by atoms with Crippen LogP contribution in [0.2, 0.25) is 0 Å². The molecule has 6 heteroatoms. The maximum absolute atomic E-state index is 13.0. The van der Waals surface area contributed by atoms with E-state index in [4.69, 9.17) is 10.5 Å². The monoisotopic (exact) mass is 263 g/mol. The molecule has 0 spiro atoms. The van der Waals surface area contributed by atoms with E-state index in [-0.39, 0.29) is 23.8 Å². The Hall–Kier alpha value is -2.37. The van der Waals surface area contributed by atoms with Crippen molar-refractivity contribution in [3.63, 3.8) is 0 Å². The van der Waals surface area contributed by atoms with Crippen molar-refractivity contribution in [2.45, 2.75) is 13.5 Å². The molecule has 0 radical (unpaired) electrons. The van der Waals surface area contributed by atoms with Gasteiger partial charge in [0.2, 0.25) is 0 Å². The SMILES string of the molecule is COc1nc(C)cc(=O)n1Cc1ccc(F)cc1N. The van der Waals surface area contributed by atoms with E-state index in [1.54, 1.807) is 6.92 Å². The largest absolute Gasteiger partial charge is 0.468 e. The van der Waals surface area contributed by atoms with Gasteiger partial charge in [-0.15, -0.1) is 0 Å². The van der Waals surface area contributed by atoms with Crippen molar-refractivity contribution in [1.29, 1.82) is 0 Å². The maximum Gasteiger partial charge on any atom is 0.299 e. The summed E-state index contributed by atoms with van der Waals surface area (Å²) in [5.74, 6) is -0.414. The van der Waals surface area contributed by atoms with Crippen molar-refractivity contribution in [3.8, 4) is 6.01 Å². The van der Waals surface area contributed by atoms with Crippen molar-refractivity contribution >= 4 is 5.69 Å². The number of halogens is 1. The molecule has 1 aromatic carbocycles. The summed E-state index contributed by atoms with van der Waals surface area (Å²) in [7, 11) is 1.44. The predicted molar refractivity (Wildman–Crippen MR) is 69.7 cm³/mol. The molecule has 0 amide bonds. The summed E-state index contributed by atoms with van der Waals surface area (Å²) >= 11 is 0. The smallest absolute Gasteiger partial charge is 0.299 e. The lowest BCUT2D eigenvalue weighted by Crippen LogP contribution is -2.23. The quantitative estimate of drug-likeness (QED) is 0.848. The van der Waals surface area contributed by atoms with Crippen LogP contribution in [0.1, 0.15) is 11.3 Å². The molecule has 5 nitrogen and oxygen atoms in total. The lowest BCUT2D eigenvalue weighted by atomic mass is 10.2. The molecule has 100 valence electrons. The topological polar surface area (TPSA) is 70.1 Å². The van der Waals surface area contributed by atoms with E-state index in [2.05, 4.69) is 4.98 Å². The van der Waals surface area contributed by atoms with Gasteiger partial charge in [-0.2, -0.15) is 0 Å². The molecular formula is C13H14FN3O2. The predicted octanol–water partition coefficient (Wildman–Crippen LogP) is 1.33. The third-order valence-corrected chi connectivity index (χ3v) is 2.72. The van der Waals surface area contributed by atoms with Gasteiger partial charge < -0.3 is 10.5 Å². The van der Waals surface area contributed by atoms with Crippen LogP contribution in [0, 0.1) is 12.7 Å². The second-order valence-corrected chi connectivity index (χ2v) is 4.15. The Bertz CT molecular complexity index is 667. The minimum atomic E-state index is -0.414. The number of benzene rings is 1. The first kappa shape index (κ1) is 13.1. The zero-order valence-corrected chi connectivity index (χ0v) is 10.7. The van der Waals surface area contributed by atoms with Crippen molar-refractivity contribution < 1.29 is 9.13 Å². The molecule has 2 N–H and O–H groups in total. The van der Waals surface area contributed by atoms with E-state index >= 15 is 0 Å². The molecule has 19 heavy (non-hydrogen) atoms. The third-order valence-electron chi connectivity index (χ3n) is 2.72. The van der Waals surface area contributed by atoms with Gasteiger partial charge in [-0.1, -0.05) is 6.07 Å². The van der Waals surface area contributed by atoms with Crippen LogP contribution >= 0.6 is 0 Å². The van der Waals surface area contributed by atoms with Gasteiger partial charge in [-0.3, -0.25) is 9.36 Å². The molecule has 0 fully saturated rings. The lowest BCUT2D eigenvalue weighted by molar-refractivity contribution is 0.350. The molecule has 0 saturated heterocycles. The molecule has 0 unspecified atom stereocenters. The average Bonchev–Trinajstić information content (AvgIpc) is 2.34. The zero-order chi connectivity index (χ0) is 14.0. The number of anilines is 1. The standard InChI is InChI=1S/C13H14FN3O2/c1-8-5-12(18)17(13(16-8)19-2)7-9-3-4-10(14)6-11(9)15/h3-6H,7,15H2,1-2H3. The number of nitrogens with zero attached hydrogens (tertiary/aromatic N) is 2. The van der Waals surface area contributed by atoms with Gasteiger partial charge in [0.25, 0.3) is 11.6 Å². The van der Waals surface area contributed by atoms with Crippen LogP contribution in [0.4, 0.5) is 10.1 Å². The second kappa shape index (κ2) is 5.09. The van der Waals surface area contributed by atoms with E-state index < -0.39 is 5.82 Å². The molecule has 2 aromatic rings. The van der Waals surface area contributed by atoms with Crippen molar-refractivity contribution in [3.05, 3.63) is 51.7 Å². The minimum Gasteiger partial charge on any atom is -0.468 e. The van der Waals surface area contributed by atoms with E-state index in [9.17, 15) is 9.18 Å². The van der Waals surface area contributed by atoms with Gasteiger partial charge >= 0.3 is 0 Å². The molecule has 1 aromatic heterocycles. The Balaban J connectivity index is 2.46. The van der Waals surface area contributed by atoms with Gasteiger partial charge in [0.15, 0.2) is 0 Å². The summed E-state index contributed by atoms with van der Waals surface area (Å²) in [6, 6.07) is 5.66. The Morgan fingerprint density at radius 2 is 2.16 bits per heavy atom. The first-order valence-electron chi connectivity index (χ1n) is 5.67. The summed E-state index contributed by atoms with van der Waals surface area (Å²) in [6.45, 7) is 1.89. The molecule has 0 aliphatic rings. The number of nitrogens with two attached hydrogens (primary N) is 1. The van der Waals surface area contributed by atoms with E-state index in [1.807, 2.05) is 0 Å². The summed E-state index contributed by atoms with van der Waals surface area (Å²) in [6.07, 6.45) is 0. The fraction of sp³-hybridized carbons (Fsp3) is 0.231. The Kier molecular flexibility index (Phi) is 3.50. The summed E-state index contributed by atoms with van der Waals surface area (Å²) in [5.41, 5.74) is 6.97. The van der Waals surface area contributed by atoms with Crippen molar-refractivity contribution in [2.75, 3.05) is 12.8 Å². The number of aryl methyl sites for hydroxylation is 1. The Labute approximate surface area is 109 Å². The van der Waals surface area contributed by atoms with E-state index in [1.165, 1.54) is 35.9 Å². The number of methoxy groups -OCH3 is 1. The molecule has 0 aliphatic carbocycles. The zero-order valence-electron chi connectivity index (χ0n) is 10.7. The first-order chi connectivity index (χ1) is 9.01. The fourth-order valence-electron chi connectivity index (χ4n) is 1.78. The molecule has 2 rings (SSSR count). The highest BCUT2D eigenvalue weighted by Gasteiger charge is 2.10. The van der Waals surface area contributed by atoms with Gasteiger partial charge in [0, 0.05) is 17.4 Å². The number of nitrogen functional groups attached to an aromatic ring is 1. The third kappa shape index (κ3) is 2.73. The molecule has 0 atom stereocenters. The van der Waals surface area contributed by atoms with Crippen molar-refractivity contribution in [2.24, 2.45) is 0 Å². The van der Waals surface area contributed by atoms with Crippen molar-refractivity contribution in [1.82, 2.24) is 9.55 Å². The molecule has 0 bridgehead atoms. The number of rotatable bonds is 3. The van der Waals surface area contributed by atoms with Crippen LogP contribution in [0.3, 0.4) is 0 Å². The van der Waals surface area contributed by atoms with Crippen LogP contribution in [0.25, 0.3) is 0 Å². The fourth-order valence-corrected chi connectivity index (χ4v) is 1.78. The molecular weight excluding hydrogens is 249 g/mol. The van der Waals surface area contributed by atoms with E-state index in [0.29, 0.717) is 11.3 Å². The van der Waals surface area contributed by atoms with Crippen LogP contribution < -0.4 is 16.0 Å². The van der Waals surface area contributed by atoms with Gasteiger partial charge in [-0.05, 0) is 24.6 Å². The van der Waals surface area contributed by atoms with Crippen LogP contribution in [-0.4, -0.2) is 16.7 Å². The first-order valence-corrected chi connectivity index (χ1v) is 5.67. The van der Waals surface area contributed by atoms with Gasteiger partial charge in [0.05, 0.1) is 13.7 Å². The number of aromatic nitrogens is 2. The molecule has 0 saturated carbocycles. The van der Waals surface area contributed by atoms with Crippen LogP contribution in [0.15, 0.2) is 29.1 Å². The maximum atomic E-state index is 13.0. The second-order valence-electron chi connectivity index (χ2n) is 4.15. The number of hydrogen-bond donors (Lipinski definition) is 1. The number of ether oxygens (including phenoxy) is 1. The highest BCUT2D eigenvalue weighted by atomic mass is 19.1. The van der Waals surface area contributed by atoms with E-state index in [0.717, 1.165) is 0 Å². The minimum absolute atomic E-state index is 0.182. The molecule has 1 heterocycles. The highest BCUT2D eigenvalue weighted by Crippen LogP contribution is 2.16. The normalized spacial score (nSPS) is 10.5. The summed E-state index contributed by atoms with van der Waals surface area (Å²) in [5, 5.41) is 0. The highest BCUT2D eigenvalue weighted by molar-refractivity contribution is 5.47. The van der Waals surface area contributed by atoms with Crippen LogP contribution in [0.5, 0.6) is 6.01 Å². The Morgan fingerprint density at radius 1 is 1.42 bits per heavy atom. The number of hydrogen-bond acceptors (Lipinski definition) is 4. The molecule has 0 aliphatic heterocycles. The average molecular weight is 263 g/mol. The van der Waals surface area contributed by atoms with Gasteiger partial charge in [-0.25, -0.2) is 9.37 Å². The Morgan fingerprint density at radius 3 is 2.79 bits per heavy atom.